The average Bonchev–Trinajstić information content (AvgIpc) is 2.83. The van der Waals surface area contributed by atoms with Crippen LogP contribution in [0, 0.1) is 5.92 Å². The van der Waals surface area contributed by atoms with Crippen molar-refractivity contribution < 1.29 is 19.1 Å². The van der Waals surface area contributed by atoms with Crippen LogP contribution < -0.4 is 15.0 Å². The summed E-state index contributed by atoms with van der Waals surface area (Å²) in [6.45, 7) is 2.11. The third kappa shape index (κ3) is 3.83. The second-order valence-electron chi connectivity index (χ2n) is 8.53. The minimum absolute atomic E-state index is 0.0922. The number of ether oxygens (including phenoxy) is 2. The van der Waals surface area contributed by atoms with Gasteiger partial charge in [-0.2, -0.15) is 5.10 Å². The first-order valence-electron chi connectivity index (χ1n) is 11.0. The fraction of sp³-hybridized carbons (Fsp3) is 0.478. The van der Waals surface area contributed by atoms with Crippen LogP contribution in [0.4, 0.5) is 0 Å². The highest BCUT2D eigenvalue weighted by Crippen LogP contribution is 2.31. The molecule has 0 N–H and O–H groups in total. The molecule has 5 rings (SSSR count). The number of hydrogen-bond donors (Lipinski definition) is 0. The van der Waals surface area contributed by atoms with Gasteiger partial charge in [0.2, 0.25) is 12.0 Å². The Morgan fingerprint density at radius 1 is 1.03 bits per heavy atom. The molecule has 3 aliphatic rings. The maximum absolute atomic E-state index is 13.1. The third-order valence-electron chi connectivity index (χ3n) is 6.49. The van der Waals surface area contributed by atoms with Crippen LogP contribution in [0.3, 0.4) is 0 Å². The SMILES string of the molecule is Cn1nc2c(cc1=O)CC(C(=O)N1CCN(C(=O)C3COc4ccccc4O3)CC1)CC2. The van der Waals surface area contributed by atoms with Crippen LogP contribution in [-0.2, 0) is 29.5 Å². The molecule has 1 saturated heterocycles. The van der Waals surface area contributed by atoms with Crippen molar-refractivity contribution in [2.45, 2.75) is 25.4 Å². The van der Waals surface area contributed by atoms with Crippen LogP contribution in [0.1, 0.15) is 17.7 Å². The second kappa shape index (κ2) is 8.29. The standard InChI is InChI=1S/C23H26N4O5/c1-25-21(28)13-16-12-15(6-7-17(16)24-25)22(29)26-8-10-27(11-9-26)23(30)20-14-31-18-4-2-3-5-19(18)32-20/h2-5,13,15,20H,6-12,14H2,1H3. The van der Waals surface area contributed by atoms with E-state index in [1.54, 1.807) is 24.1 Å². The molecule has 1 aliphatic carbocycles. The fourth-order valence-electron chi connectivity index (χ4n) is 4.65. The first-order chi connectivity index (χ1) is 15.5. The lowest BCUT2D eigenvalue weighted by Crippen LogP contribution is -2.56. The Morgan fingerprint density at radius 2 is 1.72 bits per heavy atom. The molecule has 0 saturated carbocycles. The molecule has 2 unspecified atom stereocenters. The number of piperazine rings is 1. The number of aromatic nitrogens is 2. The zero-order valence-corrected chi connectivity index (χ0v) is 18.0. The third-order valence-corrected chi connectivity index (χ3v) is 6.49. The van der Waals surface area contributed by atoms with E-state index in [9.17, 15) is 14.4 Å². The van der Waals surface area contributed by atoms with Crippen molar-refractivity contribution in [3.8, 4) is 11.5 Å². The summed E-state index contributed by atoms with van der Waals surface area (Å²) in [7, 11) is 1.64. The lowest BCUT2D eigenvalue weighted by Gasteiger charge is -2.38. The zero-order valence-electron chi connectivity index (χ0n) is 18.0. The van der Waals surface area contributed by atoms with Gasteiger partial charge in [0.25, 0.3) is 11.5 Å². The average molecular weight is 438 g/mol. The van der Waals surface area contributed by atoms with E-state index in [2.05, 4.69) is 5.10 Å². The Bertz CT molecular complexity index is 1110. The largest absolute Gasteiger partial charge is 0.485 e. The fourth-order valence-corrected chi connectivity index (χ4v) is 4.65. The molecule has 2 amide bonds. The van der Waals surface area contributed by atoms with Crippen molar-refractivity contribution in [1.82, 2.24) is 19.6 Å². The predicted molar refractivity (Wildman–Crippen MR) is 115 cm³/mol. The number of benzene rings is 1. The minimum Gasteiger partial charge on any atom is -0.485 e. The predicted octanol–water partition coefficient (Wildman–Crippen LogP) is 0.396. The number of para-hydroxylation sites is 2. The van der Waals surface area contributed by atoms with Gasteiger partial charge < -0.3 is 19.3 Å². The first kappa shape index (κ1) is 20.5. The van der Waals surface area contributed by atoms with Gasteiger partial charge in [0.1, 0.15) is 6.61 Å². The highest BCUT2D eigenvalue weighted by Gasteiger charge is 2.35. The van der Waals surface area contributed by atoms with Gasteiger partial charge in [-0.1, -0.05) is 12.1 Å². The molecule has 0 bridgehead atoms. The molecule has 2 aliphatic heterocycles. The number of hydrogen-bond acceptors (Lipinski definition) is 6. The van der Waals surface area contributed by atoms with Gasteiger partial charge >= 0.3 is 0 Å². The number of rotatable bonds is 2. The molecule has 2 atom stereocenters. The minimum atomic E-state index is -0.669. The summed E-state index contributed by atoms with van der Waals surface area (Å²) in [5.74, 6) is 1.06. The molecule has 168 valence electrons. The summed E-state index contributed by atoms with van der Waals surface area (Å²) >= 11 is 0. The zero-order chi connectivity index (χ0) is 22.2. The molecule has 2 aromatic rings. The van der Waals surface area contributed by atoms with Crippen molar-refractivity contribution in [1.29, 1.82) is 0 Å². The topological polar surface area (TPSA) is 94.0 Å². The van der Waals surface area contributed by atoms with Crippen molar-refractivity contribution in [3.05, 3.63) is 51.9 Å². The monoisotopic (exact) mass is 438 g/mol. The van der Waals surface area contributed by atoms with Crippen LogP contribution in [0.2, 0.25) is 0 Å². The molecule has 1 fully saturated rings. The van der Waals surface area contributed by atoms with Crippen molar-refractivity contribution >= 4 is 11.8 Å². The molecular weight excluding hydrogens is 412 g/mol. The normalized spacial score (nSPS) is 22.3. The molecule has 3 heterocycles. The number of carbonyl (C=O) groups excluding carboxylic acids is 2. The number of amides is 2. The van der Waals surface area contributed by atoms with Gasteiger partial charge in [-0.3, -0.25) is 14.4 Å². The Hall–Kier alpha value is -3.36. The molecular formula is C23H26N4O5. The van der Waals surface area contributed by atoms with E-state index in [-0.39, 0.29) is 29.9 Å². The Labute approximate surface area is 185 Å². The van der Waals surface area contributed by atoms with E-state index in [1.807, 2.05) is 23.1 Å². The Balaban J connectivity index is 1.17. The van der Waals surface area contributed by atoms with Crippen molar-refractivity contribution in [2.24, 2.45) is 13.0 Å². The summed E-state index contributed by atoms with van der Waals surface area (Å²) < 4.78 is 12.8. The van der Waals surface area contributed by atoms with Gasteiger partial charge in [0.05, 0.1) is 5.69 Å². The maximum Gasteiger partial charge on any atom is 0.267 e. The quantitative estimate of drug-likeness (QED) is 0.674. The van der Waals surface area contributed by atoms with E-state index < -0.39 is 6.10 Å². The van der Waals surface area contributed by atoms with Crippen LogP contribution in [0.15, 0.2) is 35.1 Å². The van der Waals surface area contributed by atoms with Gasteiger partial charge in [0.15, 0.2) is 11.5 Å². The lowest BCUT2D eigenvalue weighted by atomic mass is 9.86. The molecule has 9 heteroatoms. The molecule has 32 heavy (non-hydrogen) atoms. The number of fused-ring (bicyclic) bond motifs is 2. The van der Waals surface area contributed by atoms with Gasteiger partial charge in [-0.25, -0.2) is 4.68 Å². The lowest BCUT2D eigenvalue weighted by molar-refractivity contribution is -0.147. The molecule has 9 nitrogen and oxygen atoms in total. The smallest absolute Gasteiger partial charge is 0.267 e. The van der Waals surface area contributed by atoms with E-state index in [0.29, 0.717) is 50.5 Å². The van der Waals surface area contributed by atoms with E-state index in [1.165, 1.54) is 4.68 Å². The molecule has 1 aromatic heterocycles. The van der Waals surface area contributed by atoms with Crippen LogP contribution in [-0.4, -0.2) is 70.3 Å². The van der Waals surface area contributed by atoms with Gasteiger partial charge in [0, 0.05) is 45.2 Å². The number of carbonyl (C=O) groups is 2. The molecule has 0 spiro atoms. The molecule has 1 aromatic carbocycles. The van der Waals surface area contributed by atoms with Crippen LogP contribution in [0.5, 0.6) is 11.5 Å². The Morgan fingerprint density at radius 3 is 2.47 bits per heavy atom. The summed E-state index contributed by atoms with van der Waals surface area (Å²) in [5, 5.41) is 4.32. The molecule has 0 radical (unpaired) electrons. The first-order valence-corrected chi connectivity index (χ1v) is 11.0. The van der Waals surface area contributed by atoms with E-state index >= 15 is 0 Å². The van der Waals surface area contributed by atoms with Crippen LogP contribution in [0.25, 0.3) is 0 Å². The van der Waals surface area contributed by atoms with Gasteiger partial charge in [-0.15, -0.1) is 0 Å². The highest BCUT2D eigenvalue weighted by atomic mass is 16.6. The summed E-state index contributed by atoms with van der Waals surface area (Å²) in [5.41, 5.74) is 1.63. The van der Waals surface area contributed by atoms with Gasteiger partial charge in [-0.05, 0) is 37.0 Å². The van der Waals surface area contributed by atoms with Crippen molar-refractivity contribution in [3.63, 3.8) is 0 Å². The Kier molecular flexibility index (Phi) is 5.32. The highest BCUT2D eigenvalue weighted by molar-refractivity contribution is 5.83. The van der Waals surface area contributed by atoms with E-state index in [4.69, 9.17) is 9.47 Å². The summed E-state index contributed by atoms with van der Waals surface area (Å²) in [6.07, 6.45) is 1.29. The van der Waals surface area contributed by atoms with E-state index in [0.717, 1.165) is 17.7 Å². The maximum atomic E-state index is 13.1. The number of nitrogens with zero attached hydrogens (tertiary/aromatic N) is 4. The van der Waals surface area contributed by atoms with Crippen molar-refractivity contribution in [2.75, 3.05) is 32.8 Å². The summed E-state index contributed by atoms with van der Waals surface area (Å²) in [6, 6.07) is 8.92. The van der Waals surface area contributed by atoms with Crippen LogP contribution >= 0.6 is 0 Å². The number of aryl methyl sites for hydroxylation is 2. The second-order valence-corrected chi connectivity index (χ2v) is 8.53. The summed E-state index contributed by atoms with van der Waals surface area (Å²) in [4.78, 5) is 41.5.